The molecule has 0 aromatic heterocycles. The number of benzene rings is 3. The summed E-state index contributed by atoms with van der Waals surface area (Å²) >= 11 is 0. The van der Waals surface area contributed by atoms with Gasteiger partial charge in [-0.2, -0.15) is 4.31 Å². The Balaban J connectivity index is 1.69. The maximum Gasteiger partial charge on any atom is 0.243 e. The van der Waals surface area contributed by atoms with Crippen molar-refractivity contribution in [3.63, 3.8) is 0 Å². The third-order valence-electron chi connectivity index (χ3n) is 5.50. The van der Waals surface area contributed by atoms with E-state index in [0.29, 0.717) is 6.54 Å². The smallest absolute Gasteiger partial charge is 0.243 e. The number of aryl methyl sites for hydroxylation is 2. The molecule has 0 N–H and O–H groups in total. The van der Waals surface area contributed by atoms with Crippen molar-refractivity contribution < 1.29 is 17.9 Å². The van der Waals surface area contributed by atoms with E-state index in [4.69, 9.17) is 4.74 Å². The Labute approximate surface area is 184 Å². The van der Waals surface area contributed by atoms with Crippen LogP contribution in [0, 0.1) is 13.8 Å². The van der Waals surface area contributed by atoms with Crippen molar-refractivity contribution in [3.05, 3.63) is 71.3 Å². The van der Waals surface area contributed by atoms with Crippen LogP contribution >= 0.6 is 0 Å². The number of rotatable bonds is 7. The molecule has 0 atom stereocenters. The van der Waals surface area contributed by atoms with Crippen LogP contribution in [0.25, 0.3) is 10.8 Å². The van der Waals surface area contributed by atoms with Gasteiger partial charge in [0.2, 0.25) is 15.9 Å². The number of carbonyl (C=O) groups is 1. The second-order valence-electron chi connectivity index (χ2n) is 7.80. The van der Waals surface area contributed by atoms with Crippen LogP contribution in [0.15, 0.2) is 59.5 Å². The summed E-state index contributed by atoms with van der Waals surface area (Å²) in [6.07, 6.45) is 0. The molecular weight excluding hydrogens is 412 g/mol. The summed E-state index contributed by atoms with van der Waals surface area (Å²) < 4.78 is 32.1. The van der Waals surface area contributed by atoms with E-state index in [1.54, 1.807) is 32.4 Å². The zero-order chi connectivity index (χ0) is 22.8. The molecule has 0 aliphatic carbocycles. The van der Waals surface area contributed by atoms with Gasteiger partial charge in [-0.1, -0.05) is 24.3 Å². The van der Waals surface area contributed by atoms with Crippen LogP contribution in [0.1, 0.15) is 16.7 Å². The van der Waals surface area contributed by atoms with E-state index in [0.717, 1.165) is 37.5 Å². The molecule has 31 heavy (non-hydrogen) atoms. The Morgan fingerprint density at radius 3 is 2.26 bits per heavy atom. The van der Waals surface area contributed by atoms with Gasteiger partial charge in [0.05, 0.1) is 18.6 Å². The fraction of sp³-hybridized carbons (Fsp3) is 0.292. The van der Waals surface area contributed by atoms with Crippen molar-refractivity contribution >= 4 is 26.7 Å². The van der Waals surface area contributed by atoms with Gasteiger partial charge in [-0.15, -0.1) is 0 Å². The normalized spacial score (nSPS) is 11.7. The van der Waals surface area contributed by atoms with E-state index in [9.17, 15) is 13.2 Å². The van der Waals surface area contributed by atoms with Gasteiger partial charge in [0.25, 0.3) is 0 Å². The van der Waals surface area contributed by atoms with Crippen molar-refractivity contribution in [2.75, 3.05) is 27.7 Å². The van der Waals surface area contributed by atoms with Crippen molar-refractivity contribution in [3.8, 4) is 5.75 Å². The summed E-state index contributed by atoms with van der Waals surface area (Å²) in [5.41, 5.74) is 2.88. The molecule has 6 nitrogen and oxygen atoms in total. The quantitative estimate of drug-likeness (QED) is 0.561. The fourth-order valence-corrected chi connectivity index (χ4v) is 4.52. The first-order chi connectivity index (χ1) is 14.6. The molecule has 0 aliphatic rings. The molecule has 0 saturated heterocycles. The first kappa shape index (κ1) is 22.8. The standard InChI is InChI=1S/C24H28N2O4S/c1-17-6-11-23(12-18(17)2)31(28,29)26(4)16-24(27)25(3)15-19-7-8-21-14-22(30-5)10-9-20(21)13-19/h6-14H,15-16H2,1-5H3. The second-order valence-corrected chi connectivity index (χ2v) is 9.85. The number of amides is 1. The molecule has 3 aromatic rings. The number of methoxy groups -OCH3 is 1. The lowest BCUT2D eigenvalue weighted by atomic mass is 10.1. The second kappa shape index (κ2) is 9.08. The molecule has 164 valence electrons. The van der Waals surface area contributed by atoms with Gasteiger partial charge >= 0.3 is 0 Å². The van der Waals surface area contributed by atoms with Crippen LogP contribution in [0.4, 0.5) is 0 Å². The van der Waals surface area contributed by atoms with Gasteiger partial charge in [0.1, 0.15) is 5.75 Å². The lowest BCUT2D eigenvalue weighted by molar-refractivity contribution is -0.130. The van der Waals surface area contributed by atoms with Crippen LogP contribution in [0.3, 0.4) is 0 Å². The predicted octanol–water partition coefficient (Wildman–Crippen LogP) is 3.74. The summed E-state index contributed by atoms with van der Waals surface area (Å²) in [4.78, 5) is 14.4. The van der Waals surface area contributed by atoms with Gasteiger partial charge in [-0.05, 0) is 71.6 Å². The first-order valence-corrected chi connectivity index (χ1v) is 11.4. The van der Waals surface area contributed by atoms with Crippen LogP contribution < -0.4 is 4.74 Å². The maximum absolute atomic E-state index is 12.9. The van der Waals surface area contributed by atoms with E-state index in [1.807, 2.05) is 50.2 Å². The van der Waals surface area contributed by atoms with Gasteiger partial charge in [0.15, 0.2) is 0 Å². The molecule has 0 fully saturated rings. The third-order valence-corrected chi connectivity index (χ3v) is 7.30. The number of hydrogen-bond acceptors (Lipinski definition) is 4. The highest BCUT2D eigenvalue weighted by Gasteiger charge is 2.24. The number of fused-ring (bicyclic) bond motifs is 1. The predicted molar refractivity (Wildman–Crippen MR) is 123 cm³/mol. The van der Waals surface area contributed by atoms with Gasteiger partial charge in [0, 0.05) is 20.6 Å². The molecule has 7 heteroatoms. The van der Waals surface area contributed by atoms with Crippen LogP contribution in [0.2, 0.25) is 0 Å². The molecule has 3 rings (SSSR count). The molecule has 0 unspecified atom stereocenters. The van der Waals surface area contributed by atoms with Gasteiger partial charge in [-0.3, -0.25) is 4.79 Å². The highest BCUT2D eigenvalue weighted by Crippen LogP contribution is 2.23. The number of hydrogen-bond donors (Lipinski definition) is 0. The molecule has 0 heterocycles. The first-order valence-electron chi connectivity index (χ1n) is 9.96. The number of likely N-dealkylation sites (N-methyl/N-ethyl adjacent to an activating group) is 2. The lowest BCUT2D eigenvalue weighted by Gasteiger charge is -2.22. The SMILES string of the molecule is COc1ccc2cc(CN(C)C(=O)CN(C)S(=O)(=O)c3ccc(C)c(C)c3)ccc2c1. The number of nitrogens with zero attached hydrogens (tertiary/aromatic N) is 2. The molecule has 1 amide bonds. The van der Waals surface area contributed by atoms with E-state index in [2.05, 4.69) is 0 Å². The summed E-state index contributed by atoms with van der Waals surface area (Å²) in [7, 11) is 0.999. The average Bonchev–Trinajstić information content (AvgIpc) is 2.74. The minimum absolute atomic E-state index is 0.193. The third kappa shape index (κ3) is 5.06. The number of ether oxygens (including phenoxy) is 1. The zero-order valence-corrected chi connectivity index (χ0v) is 19.4. The maximum atomic E-state index is 12.9. The Bertz CT molecular complexity index is 1220. The monoisotopic (exact) mass is 440 g/mol. The van der Waals surface area contributed by atoms with Crippen LogP contribution in [0.5, 0.6) is 5.75 Å². The molecular formula is C24H28N2O4S. The van der Waals surface area contributed by atoms with Crippen LogP contribution in [-0.2, 0) is 21.4 Å². The minimum atomic E-state index is -3.74. The molecule has 0 saturated carbocycles. The molecule has 0 bridgehead atoms. The summed E-state index contributed by atoms with van der Waals surface area (Å²) in [6.45, 7) is 3.96. The molecule has 0 aliphatic heterocycles. The zero-order valence-electron chi connectivity index (χ0n) is 18.5. The minimum Gasteiger partial charge on any atom is -0.497 e. The summed E-state index contributed by atoms with van der Waals surface area (Å²) in [5.74, 6) is 0.519. The molecule has 0 spiro atoms. The fourth-order valence-electron chi connectivity index (χ4n) is 3.31. The molecule has 3 aromatic carbocycles. The largest absolute Gasteiger partial charge is 0.497 e. The van der Waals surface area contributed by atoms with Crippen LogP contribution in [-0.4, -0.2) is 51.3 Å². The Hall–Kier alpha value is -2.90. The molecule has 0 radical (unpaired) electrons. The Kier molecular flexibility index (Phi) is 6.67. The van der Waals surface area contributed by atoms with E-state index >= 15 is 0 Å². The van der Waals surface area contributed by atoms with E-state index < -0.39 is 10.0 Å². The highest BCUT2D eigenvalue weighted by atomic mass is 32.2. The average molecular weight is 441 g/mol. The summed E-state index contributed by atoms with van der Waals surface area (Å²) in [6, 6.07) is 16.8. The van der Waals surface area contributed by atoms with Crippen molar-refractivity contribution in [2.24, 2.45) is 0 Å². The summed E-state index contributed by atoms with van der Waals surface area (Å²) in [5, 5.41) is 2.10. The number of sulfonamides is 1. The topological polar surface area (TPSA) is 66.9 Å². The lowest BCUT2D eigenvalue weighted by Crippen LogP contribution is -2.39. The van der Waals surface area contributed by atoms with E-state index in [1.165, 1.54) is 11.9 Å². The van der Waals surface area contributed by atoms with Crippen molar-refractivity contribution in [2.45, 2.75) is 25.3 Å². The Morgan fingerprint density at radius 2 is 1.58 bits per heavy atom. The van der Waals surface area contributed by atoms with Gasteiger partial charge < -0.3 is 9.64 Å². The van der Waals surface area contributed by atoms with E-state index in [-0.39, 0.29) is 17.3 Å². The van der Waals surface area contributed by atoms with Crippen molar-refractivity contribution in [1.29, 1.82) is 0 Å². The number of carbonyl (C=O) groups excluding carboxylic acids is 1. The van der Waals surface area contributed by atoms with Gasteiger partial charge in [-0.25, -0.2) is 8.42 Å². The van der Waals surface area contributed by atoms with Crippen molar-refractivity contribution in [1.82, 2.24) is 9.21 Å². The Morgan fingerprint density at radius 1 is 0.903 bits per heavy atom. The highest BCUT2D eigenvalue weighted by molar-refractivity contribution is 7.89.